The first-order chi connectivity index (χ1) is 15.2. The molecule has 0 spiro atoms. The third kappa shape index (κ3) is 4.24. The van der Waals surface area contributed by atoms with Gasteiger partial charge in [0.15, 0.2) is 17.0 Å². The van der Waals surface area contributed by atoms with Crippen molar-refractivity contribution in [3.8, 4) is 0 Å². The quantitative estimate of drug-likeness (QED) is 0.671. The van der Waals surface area contributed by atoms with Crippen molar-refractivity contribution in [1.82, 2.24) is 24.8 Å². The Labute approximate surface area is 186 Å². The van der Waals surface area contributed by atoms with Gasteiger partial charge in [-0.1, -0.05) is 30.2 Å². The van der Waals surface area contributed by atoms with Crippen LogP contribution < -0.4 is 10.2 Å². The SMILES string of the molecule is O=C(NCc1ccc(Cl)cc1)[C@H]1CCCN(c2ncnc3c2nc2n3CCCCC2)C1. The van der Waals surface area contributed by atoms with Crippen molar-refractivity contribution in [2.75, 3.05) is 18.0 Å². The molecule has 0 bridgehead atoms. The zero-order valence-corrected chi connectivity index (χ0v) is 18.3. The molecule has 1 N–H and O–H groups in total. The van der Waals surface area contributed by atoms with Crippen LogP contribution in [-0.2, 0) is 24.3 Å². The molecule has 0 aliphatic carbocycles. The molecule has 2 aromatic heterocycles. The van der Waals surface area contributed by atoms with Crippen LogP contribution in [0.5, 0.6) is 0 Å². The summed E-state index contributed by atoms with van der Waals surface area (Å²) in [5, 5.41) is 3.78. The monoisotopic (exact) mass is 438 g/mol. The number of piperidine rings is 1. The van der Waals surface area contributed by atoms with Crippen molar-refractivity contribution >= 4 is 34.5 Å². The summed E-state index contributed by atoms with van der Waals surface area (Å²) >= 11 is 5.94. The molecule has 1 atom stereocenters. The molecule has 5 rings (SSSR count). The van der Waals surface area contributed by atoms with Crippen molar-refractivity contribution in [2.24, 2.45) is 5.92 Å². The van der Waals surface area contributed by atoms with Gasteiger partial charge in [0.25, 0.3) is 0 Å². The highest BCUT2D eigenvalue weighted by atomic mass is 35.5. The first-order valence-electron chi connectivity index (χ1n) is 11.2. The molecule has 0 unspecified atom stereocenters. The van der Waals surface area contributed by atoms with E-state index < -0.39 is 0 Å². The largest absolute Gasteiger partial charge is 0.354 e. The van der Waals surface area contributed by atoms with Crippen LogP contribution in [0.1, 0.15) is 43.5 Å². The van der Waals surface area contributed by atoms with Crippen LogP contribution >= 0.6 is 11.6 Å². The lowest BCUT2D eigenvalue weighted by Crippen LogP contribution is -2.43. The number of aryl methyl sites for hydroxylation is 2. The Balaban J connectivity index is 1.31. The molecule has 8 heteroatoms. The van der Waals surface area contributed by atoms with E-state index in [1.54, 1.807) is 6.33 Å². The van der Waals surface area contributed by atoms with E-state index in [1.807, 2.05) is 24.3 Å². The zero-order valence-electron chi connectivity index (χ0n) is 17.6. The van der Waals surface area contributed by atoms with Crippen LogP contribution in [0, 0.1) is 5.92 Å². The van der Waals surface area contributed by atoms with Gasteiger partial charge < -0.3 is 14.8 Å². The number of anilines is 1. The Morgan fingerprint density at radius 2 is 1.97 bits per heavy atom. The van der Waals surface area contributed by atoms with Crippen LogP contribution in [0.25, 0.3) is 11.2 Å². The fourth-order valence-electron chi connectivity index (χ4n) is 4.68. The number of halogens is 1. The maximum absolute atomic E-state index is 12.9. The van der Waals surface area contributed by atoms with Crippen LogP contribution in [0.3, 0.4) is 0 Å². The van der Waals surface area contributed by atoms with Crippen molar-refractivity contribution in [2.45, 2.75) is 51.6 Å². The van der Waals surface area contributed by atoms with E-state index in [4.69, 9.17) is 16.6 Å². The maximum Gasteiger partial charge on any atom is 0.225 e. The highest BCUT2D eigenvalue weighted by Gasteiger charge is 2.29. The standard InChI is InChI=1S/C23H27ClN6O/c24-18-9-7-16(8-10-18)13-25-23(31)17-5-4-11-29(14-17)21-20-22(27-15-26-21)30-12-3-1-2-6-19(30)28-20/h7-10,15,17H,1-6,11-14H2,(H,25,31)/t17-/m0/s1. The van der Waals surface area contributed by atoms with Gasteiger partial charge in [0.2, 0.25) is 5.91 Å². The van der Waals surface area contributed by atoms with Crippen molar-refractivity contribution < 1.29 is 4.79 Å². The molecular formula is C23H27ClN6O. The number of hydrogen-bond acceptors (Lipinski definition) is 5. The summed E-state index contributed by atoms with van der Waals surface area (Å²) in [6.07, 6.45) is 8.05. The number of fused-ring (bicyclic) bond motifs is 3. The summed E-state index contributed by atoms with van der Waals surface area (Å²) in [5.41, 5.74) is 2.85. The van der Waals surface area contributed by atoms with E-state index in [9.17, 15) is 4.79 Å². The second-order valence-corrected chi connectivity index (χ2v) is 8.93. The van der Waals surface area contributed by atoms with E-state index in [0.29, 0.717) is 18.1 Å². The Kier molecular flexibility index (Phi) is 5.76. The average Bonchev–Trinajstić information content (AvgIpc) is 2.99. The first kappa shape index (κ1) is 20.2. The predicted molar refractivity (Wildman–Crippen MR) is 121 cm³/mol. The van der Waals surface area contributed by atoms with E-state index in [0.717, 1.165) is 67.1 Å². The average molecular weight is 439 g/mol. The van der Waals surface area contributed by atoms with Gasteiger partial charge in [-0.3, -0.25) is 4.79 Å². The highest BCUT2D eigenvalue weighted by Crippen LogP contribution is 2.29. The van der Waals surface area contributed by atoms with E-state index in [2.05, 4.69) is 24.8 Å². The van der Waals surface area contributed by atoms with Crippen LogP contribution in [-0.4, -0.2) is 38.5 Å². The third-order valence-electron chi connectivity index (χ3n) is 6.35. The maximum atomic E-state index is 12.9. The van der Waals surface area contributed by atoms with E-state index in [1.165, 1.54) is 12.8 Å². The van der Waals surface area contributed by atoms with Gasteiger partial charge in [-0.25, -0.2) is 15.0 Å². The lowest BCUT2D eigenvalue weighted by Gasteiger charge is -2.32. The number of carbonyl (C=O) groups excluding carboxylic acids is 1. The summed E-state index contributed by atoms with van der Waals surface area (Å²) in [7, 11) is 0. The number of imidazole rings is 1. The number of carbonyl (C=O) groups is 1. The number of aromatic nitrogens is 4. The van der Waals surface area contributed by atoms with Gasteiger partial charge in [-0.2, -0.15) is 0 Å². The minimum absolute atomic E-state index is 0.0634. The fourth-order valence-corrected chi connectivity index (χ4v) is 4.80. The second kappa shape index (κ2) is 8.83. The highest BCUT2D eigenvalue weighted by molar-refractivity contribution is 6.30. The topological polar surface area (TPSA) is 75.9 Å². The molecule has 1 aromatic carbocycles. The minimum Gasteiger partial charge on any atom is -0.354 e. The minimum atomic E-state index is -0.0634. The Bertz CT molecular complexity index is 1080. The number of hydrogen-bond donors (Lipinski definition) is 1. The van der Waals surface area contributed by atoms with Crippen LogP contribution in [0.2, 0.25) is 5.02 Å². The van der Waals surface area contributed by atoms with Gasteiger partial charge >= 0.3 is 0 Å². The molecule has 7 nitrogen and oxygen atoms in total. The summed E-state index contributed by atoms with van der Waals surface area (Å²) < 4.78 is 2.26. The van der Waals surface area contributed by atoms with E-state index >= 15 is 0 Å². The smallest absolute Gasteiger partial charge is 0.225 e. The number of benzene rings is 1. The molecule has 1 saturated heterocycles. The van der Waals surface area contributed by atoms with Gasteiger partial charge in [-0.15, -0.1) is 0 Å². The number of nitrogens with zero attached hydrogens (tertiary/aromatic N) is 5. The molecule has 1 fully saturated rings. The first-order valence-corrected chi connectivity index (χ1v) is 11.5. The number of nitrogens with one attached hydrogen (secondary N) is 1. The molecule has 162 valence electrons. The Morgan fingerprint density at radius 1 is 1.10 bits per heavy atom. The molecule has 2 aliphatic rings. The third-order valence-corrected chi connectivity index (χ3v) is 6.60. The van der Waals surface area contributed by atoms with Crippen LogP contribution in [0.15, 0.2) is 30.6 Å². The zero-order chi connectivity index (χ0) is 21.2. The van der Waals surface area contributed by atoms with Gasteiger partial charge in [0, 0.05) is 37.6 Å². The molecule has 4 heterocycles. The second-order valence-electron chi connectivity index (χ2n) is 8.49. The molecule has 3 aromatic rings. The molecule has 0 radical (unpaired) electrons. The molecule has 31 heavy (non-hydrogen) atoms. The molecule has 2 aliphatic heterocycles. The lowest BCUT2D eigenvalue weighted by atomic mass is 9.97. The number of amides is 1. The molecule has 0 saturated carbocycles. The fraction of sp³-hybridized carbons (Fsp3) is 0.478. The number of rotatable bonds is 4. The Morgan fingerprint density at radius 3 is 2.84 bits per heavy atom. The predicted octanol–water partition coefficient (Wildman–Crippen LogP) is 3.74. The van der Waals surface area contributed by atoms with Crippen molar-refractivity contribution in [3.63, 3.8) is 0 Å². The Hall–Kier alpha value is -2.67. The van der Waals surface area contributed by atoms with Gasteiger partial charge in [0.1, 0.15) is 12.2 Å². The van der Waals surface area contributed by atoms with Gasteiger partial charge in [0.05, 0.1) is 5.92 Å². The summed E-state index contributed by atoms with van der Waals surface area (Å²) in [4.78, 5) is 29.1. The van der Waals surface area contributed by atoms with Crippen molar-refractivity contribution in [3.05, 3.63) is 47.0 Å². The van der Waals surface area contributed by atoms with E-state index in [-0.39, 0.29) is 11.8 Å². The van der Waals surface area contributed by atoms with Crippen LogP contribution in [0.4, 0.5) is 5.82 Å². The lowest BCUT2D eigenvalue weighted by molar-refractivity contribution is -0.125. The summed E-state index contributed by atoms with van der Waals surface area (Å²) in [6, 6.07) is 7.57. The normalized spacial score (nSPS) is 19.1. The molecular weight excluding hydrogens is 412 g/mol. The summed E-state index contributed by atoms with van der Waals surface area (Å²) in [5.74, 6) is 2.00. The van der Waals surface area contributed by atoms with Crippen molar-refractivity contribution in [1.29, 1.82) is 0 Å². The molecule has 1 amide bonds. The van der Waals surface area contributed by atoms with Gasteiger partial charge in [-0.05, 0) is 43.4 Å². The summed E-state index contributed by atoms with van der Waals surface area (Å²) in [6.45, 7) is 3.02.